The number of aryl methyl sites for hydroxylation is 2. The molecule has 7 heteroatoms. The van der Waals surface area contributed by atoms with E-state index in [9.17, 15) is 4.79 Å². The Labute approximate surface area is 123 Å². The minimum absolute atomic E-state index is 0.102. The van der Waals surface area contributed by atoms with E-state index in [1.165, 1.54) is 0 Å². The highest BCUT2D eigenvalue weighted by atomic mass is 16.2. The molecule has 3 heterocycles. The number of hydrogen-bond donors (Lipinski definition) is 1. The van der Waals surface area contributed by atoms with Crippen LogP contribution in [0.4, 0.5) is 0 Å². The first kappa shape index (κ1) is 13.9. The van der Waals surface area contributed by atoms with Crippen molar-refractivity contribution < 1.29 is 4.79 Å². The van der Waals surface area contributed by atoms with Gasteiger partial charge in [0.15, 0.2) is 0 Å². The summed E-state index contributed by atoms with van der Waals surface area (Å²) in [5.41, 5.74) is 1.80. The van der Waals surface area contributed by atoms with Crippen molar-refractivity contribution in [3.63, 3.8) is 0 Å². The molecule has 1 aliphatic rings. The third-order valence-electron chi connectivity index (χ3n) is 3.89. The Morgan fingerprint density at radius 3 is 3.00 bits per heavy atom. The Hall–Kier alpha value is -2.02. The van der Waals surface area contributed by atoms with Gasteiger partial charge >= 0.3 is 0 Å². The van der Waals surface area contributed by atoms with Crippen molar-refractivity contribution in [1.29, 1.82) is 0 Å². The fourth-order valence-electron chi connectivity index (χ4n) is 2.94. The van der Waals surface area contributed by atoms with Crippen LogP contribution in [0.3, 0.4) is 0 Å². The van der Waals surface area contributed by atoms with Crippen molar-refractivity contribution in [2.45, 2.75) is 32.7 Å². The summed E-state index contributed by atoms with van der Waals surface area (Å²) in [5, 5.41) is 7.46. The smallest absolute Gasteiger partial charge is 0.293 e. The number of carbonyl (C=O) groups excluding carboxylic acids is 1. The molecule has 1 unspecified atom stereocenters. The second-order valence-electron chi connectivity index (χ2n) is 5.54. The summed E-state index contributed by atoms with van der Waals surface area (Å²) in [7, 11) is 1.90. The molecule has 2 aromatic rings. The first-order valence-electron chi connectivity index (χ1n) is 7.26. The number of nitrogens with zero attached hydrogens (tertiary/aromatic N) is 5. The summed E-state index contributed by atoms with van der Waals surface area (Å²) in [6.45, 7) is 5.42. The van der Waals surface area contributed by atoms with Crippen LogP contribution in [-0.2, 0) is 0 Å². The lowest BCUT2D eigenvalue weighted by Crippen LogP contribution is -2.41. The SMILES string of the molecule is CNCC1CCCN1C(=O)c1nc2nc(C)cc(C)n2n1. The molecule has 1 atom stereocenters. The minimum atomic E-state index is -0.102. The molecule has 21 heavy (non-hydrogen) atoms. The van der Waals surface area contributed by atoms with Gasteiger partial charge < -0.3 is 10.2 Å². The standard InChI is InChI=1S/C14H20N6O/c1-9-7-10(2)20-14(16-9)17-12(18-20)13(21)19-6-4-5-11(19)8-15-3/h7,11,15H,4-6,8H2,1-3H3. The Morgan fingerprint density at radius 1 is 1.43 bits per heavy atom. The van der Waals surface area contributed by atoms with E-state index in [2.05, 4.69) is 20.4 Å². The van der Waals surface area contributed by atoms with E-state index in [1.807, 2.05) is 31.9 Å². The predicted octanol–water partition coefficient (Wildman–Crippen LogP) is 0.565. The lowest BCUT2D eigenvalue weighted by molar-refractivity contribution is 0.0725. The molecule has 0 bridgehead atoms. The fraction of sp³-hybridized carbons (Fsp3) is 0.571. The molecule has 7 nitrogen and oxygen atoms in total. The molecule has 0 spiro atoms. The molecule has 1 N–H and O–H groups in total. The van der Waals surface area contributed by atoms with Gasteiger partial charge in [0, 0.05) is 30.5 Å². The van der Waals surface area contributed by atoms with E-state index in [4.69, 9.17) is 0 Å². The Morgan fingerprint density at radius 2 is 2.24 bits per heavy atom. The summed E-state index contributed by atoms with van der Waals surface area (Å²) in [6, 6.07) is 2.15. The van der Waals surface area contributed by atoms with Gasteiger partial charge in [-0.2, -0.15) is 4.98 Å². The van der Waals surface area contributed by atoms with Gasteiger partial charge in [0.25, 0.3) is 11.7 Å². The average molecular weight is 288 g/mol. The molecule has 0 aromatic carbocycles. The maximum absolute atomic E-state index is 12.6. The summed E-state index contributed by atoms with van der Waals surface area (Å²) in [4.78, 5) is 23.1. The zero-order valence-corrected chi connectivity index (χ0v) is 12.6. The summed E-state index contributed by atoms with van der Waals surface area (Å²) >= 11 is 0. The van der Waals surface area contributed by atoms with Gasteiger partial charge in [-0.3, -0.25) is 4.79 Å². The normalized spacial score (nSPS) is 18.6. The van der Waals surface area contributed by atoms with Crippen molar-refractivity contribution in [1.82, 2.24) is 29.8 Å². The number of amides is 1. The van der Waals surface area contributed by atoms with Crippen LogP contribution in [0.25, 0.3) is 5.78 Å². The van der Waals surface area contributed by atoms with Crippen LogP contribution in [0.1, 0.15) is 34.8 Å². The summed E-state index contributed by atoms with van der Waals surface area (Å²) in [6.07, 6.45) is 2.05. The zero-order valence-electron chi connectivity index (χ0n) is 12.6. The number of aromatic nitrogens is 4. The van der Waals surface area contributed by atoms with Gasteiger partial charge in [0.2, 0.25) is 5.82 Å². The molecular formula is C14H20N6O. The van der Waals surface area contributed by atoms with Crippen LogP contribution >= 0.6 is 0 Å². The lowest BCUT2D eigenvalue weighted by Gasteiger charge is -2.22. The largest absolute Gasteiger partial charge is 0.332 e. The van der Waals surface area contributed by atoms with Crippen molar-refractivity contribution in [2.24, 2.45) is 0 Å². The summed E-state index contributed by atoms with van der Waals surface area (Å²) < 4.78 is 1.63. The Balaban J connectivity index is 1.93. The van der Waals surface area contributed by atoms with E-state index >= 15 is 0 Å². The third kappa shape index (κ3) is 2.49. The highest BCUT2D eigenvalue weighted by Gasteiger charge is 2.31. The first-order chi connectivity index (χ1) is 10.1. The van der Waals surface area contributed by atoms with Crippen molar-refractivity contribution >= 4 is 11.7 Å². The van der Waals surface area contributed by atoms with Crippen LogP contribution in [0, 0.1) is 13.8 Å². The van der Waals surface area contributed by atoms with E-state index < -0.39 is 0 Å². The van der Waals surface area contributed by atoms with Gasteiger partial charge in [-0.1, -0.05) is 0 Å². The monoisotopic (exact) mass is 288 g/mol. The topological polar surface area (TPSA) is 75.4 Å². The van der Waals surface area contributed by atoms with E-state index in [1.54, 1.807) is 4.52 Å². The lowest BCUT2D eigenvalue weighted by atomic mass is 10.2. The van der Waals surface area contributed by atoms with Gasteiger partial charge in [0.1, 0.15) is 0 Å². The van der Waals surface area contributed by atoms with Crippen molar-refractivity contribution in [2.75, 3.05) is 20.1 Å². The number of hydrogen-bond acceptors (Lipinski definition) is 5. The molecule has 2 aromatic heterocycles. The number of likely N-dealkylation sites (tertiary alicyclic amines) is 1. The third-order valence-corrected chi connectivity index (χ3v) is 3.89. The average Bonchev–Trinajstić information content (AvgIpc) is 3.05. The zero-order chi connectivity index (χ0) is 15.0. The van der Waals surface area contributed by atoms with E-state index in [0.717, 1.165) is 37.3 Å². The maximum atomic E-state index is 12.6. The number of likely N-dealkylation sites (N-methyl/N-ethyl adjacent to an activating group) is 1. The van der Waals surface area contributed by atoms with Crippen LogP contribution in [0.5, 0.6) is 0 Å². The molecular weight excluding hydrogens is 268 g/mol. The fourth-order valence-corrected chi connectivity index (χ4v) is 2.94. The molecule has 0 saturated carbocycles. The number of rotatable bonds is 3. The number of carbonyl (C=O) groups is 1. The second kappa shape index (κ2) is 5.40. The van der Waals surface area contributed by atoms with Crippen molar-refractivity contribution in [3.05, 3.63) is 23.3 Å². The van der Waals surface area contributed by atoms with Crippen LogP contribution < -0.4 is 5.32 Å². The number of nitrogens with one attached hydrogen (secondary N) is 1. The van der Waals surface area contributed by atoms with Crippen LogP contribution in [-0.4, -0.2) is 56.6 Å². The van der Waals surface area contributed by atoms with Crippen LogP contribution in [0.15, 0.2) is 6.07 Å². The molecule has 1 saturated heterocycles. The predicted molar refractivity (Wildman–Crippen MR) is 78.2 cm³/mol. The highest BCUT2D eigenvalue weighted by Crippen LogP contribution is 2.19. The second-order valence-corrected chi connectivity index (χ2v) is 5.54. The molecule has 1 fully saturated rings. The van der Waals surface area contributed by atoms with E-state index in [0.29, 0.717) is 5.78 Å². The van der Waals surface area contributed by atoms with Gasteiger partial charge in [-0.05, 0) is 39.8 Å². The van der Waals surface area contributed by atoms with Crippen molar-refractivity contribution in [3.8, 4) is 0 Å². The van der Waals surface area contributed by atoms with Crippen LogP contribution in [0.2, 0.25) is 0 Å². The molecule has 0 aliphatic carbocycles. The molecule has 1 amide bonds. The van der Waals surface area contributed by atoms with Gasteiger partial charge in [-0.25, -0.2) is 9.50 Å². The van der Waals surface area contributed by atoms with E-state index in [-0.39, 0.29) is 17.8 Å². The highest BCUT2D eigenvalue weighted by molar-refractivity contribution is 5.91. The summed E-state index contributed by atoms with van der Waals surface area (Å²) in [5.74, 6) is 0.620. The quantitative estimate of drug-likeness (QED) is 0.893. The Bertz CT molecular complexity index is 679. The molecule has 112 valence electrons. The van der Waals surface area contributed by atoms with Gasteiger partial charge in [0.05, 0.1) is 0 Å². The van der Waals surface area contributed by atoms with Gasteiger partial charge in [-0.15, -0.1) is 5.10 Å². The molecule has 1 aliphatic heterocycles. The number of fused-ring (bicyclic) bond motifs is 1. The molecule has 3 rings (SSSR count). The maximum Gasteiger partial charge on any atom is 0.293 e. The minimum Gasteiger partial charge on any atom is -0.332 e. The molecule has 0 radical (unpaired) electrons. The Kier molecular flexibility index (Phi) is 3.59. The first-order valence-corrected chi connectivity index (χ1v) is 7.26.